The van der Waals surface area contributed by atoms with Crippen molar-refractivity contribution in [1.29, 1.82) is 0 Å². The summed E-state index contributed by atoms with van der Waals surface area (Å²) in [5.41, 5.74) is 1.38. The monoisotopic (exact) mass is 301 g/mol. The van der Waals surface area contributed by atoms with Crippen molar-refractivity contribution in [2.75, 3.05) is 5.32 Å². The summed E-state index contributed by atoms with van der Waals surface area (Å²) >= 11 is 3.11. The van der Waals surface area contributed by atoms with Crippen LogP contribution in [-0.4, -0.2) is 5.91 Å². The number of carbonyl (C=O) groups is 1. The maximum absolute atomic E-state index is 13.3. The first-order chi connectivity index (χ1) is 7.93. The standard InChI is InChI=1S/C13H17BrFNO/c1-4-8(2)5-13(17)16-12-7-11(15)10(14)6-9(12)3/h6-8H,4-5H2,1-3H3,(H,16,17). The number of nitrogens with one attached hydrogen (secondary N) is 1. The molecule has 0 spiro atoms. The first-order valence-corrected chi connectivity index (χ1v) is 6.48. The zero-order valence-corrected chi connectivity index (χ0v) is 11.9. The van der Waals surface area contributed by atoms with Crippen LogP contribution in [0, 0.1) is 18.7 Å². The van der Waals surface area contributed by atoms with Crippen LogP contribution < -0.4 is 5.32 Å². The zero-order chi connectivity index (χ0) is 13.0. The number of amides is 1. The van der Waals surface area contributed by atoms with Gasteiger partial charge in [0.25, 0.3) is 0 Å². The van der Waals surface area contributed by atoms with Crippen LogP contribution in [-0.2, 0) is 4.79 Å². The van der Waals surface area contributed by atoms with Gasteiger partial charge in [0.2, 0.25) is 5.91 Å². The molecule has 0 aliphatic rings. The van der Waals surface area contributed by atoms with E-state index in [2.05, 4.69) is 21.2 Å². The van der Waals surface area contributed by atoms with Gasteiger partial charge in [0, 0.05) is 12.1 Å². The fraction of sp³-hybridized carbons (Fsp3) is 0.462. The third-order valence-electron chi connectivity index (χ3n) is 2.77. The minimum absolute atomic E-state index is 0.0656. The highest BCUT2D eigenvalue weighted by molar-refractivity contribution is 9.10. The number of rotatable bonds is 4. The van der Waals surface area contributed by atoms with Crippen molar-refractivity contribution in [2.24, 2.45) is 5.92 Å². The maximum Gasteiger partial charge on any atom is 0.224 e. The van der Waals surface area contributed by atoms with Gasteiger partial charge in [0.15, 0.2) is 0 Å². The summed E-state index contributed by atoms with van der Waals surface area (Å²) in [7, 11) is 0. The minimum Gasteiger partial charge on any atom is -0.326 e. The molecule has 0 aromatic heterocycles. The molecule has 0 bridgehead atoms. The largest absolute Gasteiger partial charge is 0.326 e. The molecule has 0 saturated carbocycles. The summed E-state index contributed by atoms with van der Waals surface area (Å²) in [6.07, 6.45) is 1.43. The summed E-state index contributed by atoms with van der Waals surface area (Å²) < 4.78 is 13.8. The lowest BCUT2D eigenvalue weighted by Crippen LogP contribution is -2.15. The molecule has 1 unspecified atom stereocenters. The predicted molar refractivity (Wildman–Crippen MR) is 71.5 cm³/mol. The lowest BCUT2D eigenvalue weighted by atomic mass is 10.0. The average molecular weight is 302 g/mol. The second kappa shape index (κ2) is 6.15. The van der Waals surface area contributed by atoms with E-state index in [9.17, 15) is 9.18 Å². The Bertz CT molecular complexity index is 420. The van der Waals surface area contributed by atoms with Gasteiger partial charge >= 0.3 is 0 Å². The summed E-state index contributed by atoms with van der Waals surface area (Å²) in [5, 5.41) is 2.74. The van der Waals surface area contributed by atoms with Gasteiger partial charge in [0.1, 0.15) is 5.82 Å². The highest BCUT2D eigenvalue weighted by Crippen LogP contribution is 2.24. The first-order valence-electron chi connectivity index (χ1n) is 5.69. The lowest BCUT2D eigenvalue weighted by Gasteiger charge is -2.11. The molecule has 0 aliphatic heterocycles. The molecule has 0 fully saturated rings. The van der Waals surface area contributed by atoms with Crippen LogP contribution in [0.2, 0.25) is 0 Å². The molecule has 4 heteroatoms. The van der Waals surface area contributed by atoms with Crippen molar-refractivity contribution >= 4 is 27.5 Å². The predicted octanol–water partition coefficient (Wildman–Crippen LogP) is 4.27. The van der Waals surface area contributed by atoms with Gasteiger partial charge < -0.3 is 5.32 Å². The van der Waals surface area contributed by atoms with Crippen LogP contribution in [0.15, 0.2) is 16.6 Å². The molecular weight excluding hydrogens is 285 g/mol. The molecule has 1 N–H and O–H groups in total. The van der Waals surface area contributed by atoms with E-state index in [1.807, 2.05) is 20.8 Å². The van der Waals surface area contributed by atoms with E-state index < -0.39 is 0 Å². The van der Waals surface area contributed by atoms with Crippen LogP contribution in [0.1, 0.15) is 32.3 Å². The Morgan fingerprint density at radius 3 is 2.76 bits per heavy atom. The van der Waals surface area contributed by atoms with E-state index in [1.165, 1.54) is 6.07 Å². The molecule has 0 aliphatic carbocycles. The zero-order valence-electron chi connectivity index (χ0n) is 10.3. The van der Waals surface area contributed by atoms with E-state index in [1.54, 1.807) is 6.07 Å². The normalized spacial score (nSPS) is 12.3. The highest BCUT2D eigenvalue weighted by atomic mass is 79.9. The quantitative estimate of drug-likeness (QED) is 0.884. The van der Waals surface area contributed by atoms with Gasteiger partial charge in [-0.1, -0.05) is 20.3 Å². The molecule has 94 valence electrons. The van der Waals surface area contributed by atoms with Crippen LogP contribution in [0.25, 0.3) is 0 Å². The Morgan fingerprint density at radius 1 is 1.53 bits per heavy atom. The fourth-order valence-corrected chi connectivity index (χ4v) is 1.90. The SMILES string of the molecule is CCC(C)CC(=O)Nc1cc(F)c(Br)cc1C. The number of hydrogen-bond acceptors (Lipinski definition) is 1. The van der Waals surface area contributed by atoms with Crippen molar-refractivity contribution in [1.82, 2.24) is 0 Å². The molecule has 1 atom stereocenters. The van der Waals surface area contributed by atoms with Crippen molar-refractivity contribution in [3.8, 4) is 0 Å². The van der Waals surface area contributed by atoms with Gasteiger partial charge in [0.05, 0.1) is 4.47 Å². The fourth-order valence-electron chi connectivity index (χ4n) is 1.44. The second-order valence-electron chi connectivity index (χ2n) is 4.35. The summed E-state index contributed by atoms with van der Waals surface area (Å²) in [4.78, 5) is 11.7. The van der Waals surface area contributed by atoms with Crippen LogP contribution in [0.4, 0.5) is 10.1 Å². The van der Waals surface area contributed by atoms with Gasteiger partial charge in [-0.2, -0.15) is 0 Å². The lowest BCUT2D eigenvalue weighted by molar-refractivity contribution is -0.117. The van der Waals surface area contributed by atoms with E-state index in [0.717, 1.165) is 12.0 Å². The number of carbonyl (C=O) groups excluding carboxylic acids is 1. The number of halogens is 2. The summed E-state index contributed by atoms with van der Waals surface area (Å²) in [5.74, 6) is -0.0887. The Labute approximate surface area is 110 Å². The van der Waals surface area contributed by atoms with E-state index in [-0.39, 0.29) is 11.7 Å². The molecule has 0 heterocycles. The van der Waals surface area contributed by atoms with Crippen LogP contribution in [0.3, 0.4) is 0 Å². The maximum atomic E-state index is 13.3. The Kier molecular flexibility index (Phi) is 5.12. The smallest absolute Gasteiger partial charge is 0.224 e. The molecule has 1 aromatic carbocycles. The Balaban J connectivity index is 2.75. The third-order valence-corrected chi connectivity index (χ3v) is 3.38. The molecule has 0 radical (unpaired) electrons. The highest BCUT2D eigenvalue weighted by Gasteiger charge is 2.11. The van der Waals surface area contributed by atoms with Crippen molar-refractivity contribution < 1.29 is 9.18 Å². The van der Waals surface area contributed by atoms with Gasteiger partial charge in [-0.3, -0.25) is 4.79 Å². The van der Waals surface area contributed by atoms with E-state index >= 15 is 0 Å². The number of anilines is 1. The Morgan fingerprint density at radius 2 is 2.18 bits per heavy atom. The number of benzene rings is 1. The molecule has 2 nitrogen and oxygen atoms in total. The van der Waals surface area contributed by atoms with E-state index in [4.69, 9.17) is 0 Å². The van der Waals surface area contributed by atoms with Gasteiger partial charge in [-0.25, -0.2) is 4.39 Å². The molecule has 1 aromatic rings. The molecule has 1 amide bonds. The van der Waals surface area contributed by atoms with Crippen molar-refractivity contribution in [3.05, 3.63) is 28.0 Å². The van der Waals surface area contributed by atoms with Gasteiger partial charge in [-0.05, 0) is 46.5 Å². The van der Waals surface area contributed by atoms with Crippen molar-refractivity contribution in [3.63, 3.8) is 0 Å². The van der Waals surface area contributed by atoms with Crippen LogP contribution in [0.5, 0.6) is 0 Å². The van der Waals surface area contributed by atoms with Crippen LogP contribution >= 0.6 is 15.9 Å². The van der Waals surface area contributed by atoms with Gasteiger partial charge in [-0.15, -0.1) is 0 Å². The minimum atomic E-state index is -0.366. The molecule has 17 heavy (non-hydrogen) atoms. The van der Waals surface area contributed by atoms with Crippen molar-refractivity contribution in [2.45, 2.75) is 33.6 Å². The first kappa shape index (κ1) is 14.2. The Hall–Kier alpha value is -0.900. The molecule has 0 saturated heterocycles. The number of hydrogen-bond donors (Lipinski definition) is 1. The summed E-state index contributed by atoms with van der Waals surface area (Å²) in [6.45, 7) is 5.90. The molecule has 1 rings (SSSR count). The van der Waals surface area contributed by atoms with E-state index in [0.29, 0.717) is 22.5 Å². The number of aryl methyl sites for hydroxylation is 1. The third kappa shape index (κ3) is 4.11. The molecular formula is C13H17BrFNO. The topological polar surface area (TPSA) is 29.1 Å². The summed E-state index contributed by atoms with van der Waals surface area (Å²) in [6, 6.07) is 3.00. The second-order valence-corrected chi connectivity index (χ2v) is 5.20. The average Bonchev–Trinajstić information content (AvgIpc) is 2.25.